The second-order valence-corrected chi connectivity index (χ2v) is 7.15. The van der Waals surface area contributed by atoms with Crippen LogP contribution in [-0.4, -0.2) is 53.3 Å². The Kier molecular flexibility index (Phi) is 8.59. The predicted molar refractivity (Wildman–Crippen MR) is 93.9 cm³/mol. The molecule has 0 aromatic carbocycles. The van der Waals surface area contributed by atoms with Gasteiger partial charge in [0.15, 0.2) is 0 Å². The third-order valence-corrected chi connectivity index (χ3v) is 4.76. The van der Waals surface area contributed by atoms with E-state index in [-0.39, 0.29) is 23.8 Å². The molecule has 0 spiro atoms. The second-order valence-electron chi connectivity index (χ2n) is 7.15. The first-order valence-corrected chi connectivity index (χ1v) is 9.22. The molecule has 2 amide bonds. The highest BCUT2D eigenvalue weighted by Crippen LogP contribution is 2.15. The maximum atomic E-state index is 12.4. The molecule has 134 valence electrons. The van der Waals surface area contributed by atoms with Gasteiger partial charge in [-0.1, -0.05) is 46.5 Å². The van der Waals surface area contributed by atoms with E-state index in [2.05, 4.69) is 6.92 Å². The third-order valence-electron chi connectivity index (χ3n) is 4.76. The summed E-state index contributed by atoms with van der Waals surface area (Å²) in [6, 6.07) is -0.363. The van der Waals surface area contributed by atoms with Gasteiger partial charge in [-0.2, -0.15) is 0 Å². The molecule has 1 aliphatic heterocycles. The zero-order valence-electron chi connectivity index (χ0n) is 15.4. The van der Waals surface area contributed by atoms with E-state index in [1.54, 1.807) is 0 Å². The summed E-state index contributed by atoms with van der Waals surface area (Å²) in [6.07, 6.45) is 6.43. The summed E-state index contributed by atoms with van der Waals surface area (Å²) in [7, 11) is 0. The zero-order valence-corrected chi connectivity index (χ0v) is 15.4. The van der Waals surface area contributed by atoms with Crippen molar-refractivity contribution in [1.29, 1.82) is 0 Å². The van der Waals surface area contributed by atoms with Crippen molar-refractivity contribution in [3.63, 3.8) is 0 Å². The molecule has 0 aromatic heterocycles. The minimum Gasteiger partial charge on any atom is -0.338 e. The van der Waals surface area contributed by atoms with E-state index in [0.29, 0.717) is 26.1 Å². The van der Waals surface area contributed by atoms with Gasteiger partial charge in [-0.05, 0) is 19.3 Å². The minimum atomic E-state index is -0.442. The standard InChI is InChI=1S/C18H35N3O2/c1-5-6-7-8-9-10-16(22)21-12-11-20(13-15(21)4)18(23)17(19)14(2)3/h14-15,17H,5-13,19H2,1-4H3/t15-,17+/m1/s1. The van der Waals surface area contributed by atoms with Crippen LogP contribution in [0.1, 0.15) is 66.2 Å². The smallest absolute Gasteiger partial charge is 0.239 e. The summed E-state index contributed by atoms with van der Waals surface area (Å²) in [4.78, 5) is 28.4. The number of piperazine rings is 1. The molecule has 2 atom stereocenters. The number of hydrogen-bond acceptors (Lipinski definition) is 3. The van der Waals surface area contributed by atoms with Crippen LogP contribution in [0.5, 0.6) is 0 Å². The SMILES string of the molecule is CCCCCCCC(=O)N1CCN(C(=O)[C@@H](N)C(C)C)C[C@H]1C. The largest absolute Gasteiger partial charge is 0.338 e. The normalized spacial score (nSPS) is 20.0. The number of carbonyl (C=O) groups excluding carboxylic acids is 2. The average molecular weight is 325 g/mol. The fourth-order valence-corrected chi connectivity index (χ4v) is 3.05. The van der Waals surface area contributed by atoms with E-state index in [1.807, 2.05) is 30.6 Å². The van der Waals surface area contributed by atoms with Gasteiger partial charge in [0.2, 0.25) is 11.8 Å². The summed E-state index contributed by atoms with van der Waals surface area (Å²) in [5, 5.41) is 0. The minimum absolute atomic E-state index is 0.0125. The monoisotopic (exact) mass is 325 g/mol. The molecule has 2 N–H and O–H groups in total. The van der Waals surface area contributed by atoms with Crippen LogP contribution >= 0.6 is 0 Å². The molecule has 5 nitrogen and oxygen atoms in total. The molecule has 1 saturated heterocycles. The van der Waals surface area contributed by atoms with E-state index >= 15 is 0 Å². The van der Waals surface area contributed by atoms with Gasteiger partial charge in [-0.3, -0.25) is 9.59 Å². The van der Waals surface area contributed by atoms with Gasteiger partial charge in [0.1, 0.15) is 0 Å². The molecule has 1 rings (SSSR count). The second kappa shape index (κ2) is 9.91. The highest BCUT2D eigenvalue weighted by Gasteiger charge is 2.32. The van der Waals surface area contributed by atoms with Crippen molar-refractivity contribution in [3.8, 4) is 0 Å². The van der Waals surface area contributed by atoms with E-state index in [9.17, 15) is 9.59 Å². The Morgan fingerprint density at radius 1 is 1.13 bits per heavy atom. The average Bonchev–Trinajstić information content (AvgIpc) is 2.52. The van der Waals surface area contributed by atoms with Crippen LogP contribution in [-0.2, 0) is 9.59 Å². The Morgan fingerprint density at radius 2 is 1.78 bits per heavy atom. The quantitative estimate of drug-likeness (QED) is 0.697. The number of carbonyl (C=O) groups is 2. The number of unbranched alkanes of at least 4 members (excludes halogenated alkanes) is 4. The molecule has 1 fully saturated rings. The molecule has 0 unspecified atom stereocenters. The summed E-state index contributed by atoms with van der Waals surface area (Å²) in [6.45, 7) is 9.97. The number of nitrogens with two attached hydrogens (primary N) is 1. The fraction of sp³-hybridized carbons (Fsp3) is 0.889. The lowest BCUT2D eigenvalue weighted by Gasteiger charge is -2.41. The van der Waals surface area contributed by atoms with Gasteiger partial charge in [-0.15, -0.1) is 0 Å². The first-order chi connectivity index (χ1) is 10.9. The van der Waals surface area contributed by atoms with Gasteiger partial charge in [-0.25, -0.2) is 0 Å². The van der Waals surface area contributed by atoms with Gasteiger partial charge >= 0.3 is 0 Å². The highest BCUT2D eigenvalue weighted by molar-refractivity contribution is 5.82. The van der Waals surface area contributed by atoms with Gasteiger partial charge < -0.3 is 15.5 Å². The van der Waals surface area contributed by atoms with Crippen molar-refractivity contribution < 1.29 is 9.59 Å². The molecule has 0 bridgehead atoms. The Bertz CT molecular complexity index is 384. The molecule has 5 heteroatoms. The van der Waals surface area contributed by atoms with Crippen LogP contribution in [0.3, 0.4) is 0 Å². The summed E-state index contributed by atoms with van der Waals surface area (Å²) < 4.78 is 0. The lowest BCUT2D eigenvalue weighted by atomic mass is 10.0. The molecule has 23 heavy (non-hydrogen) atoms. The number of hydrogen-bond donors (Lipinski definition) is 1. The third kappa shape index (κ3) is 6.13. The highest BCUT2D eigenvalue weighted by atomic mass is 16.2. The van der Waals surface area contributed by atoms with E-state index < -0.39 is 6.04 Å². The predicted octanol–water partition coefficient (Wildman–Crippen LogP) is 2.39. The topological polar surface area (TPSA) is 66.6 Å². The molecule has 0 aliphatic carbocycles. The van der Waals surface area contributed by atoms with Crippen LogP contribution in [0, 0.1) is 5.92 Å². The van der Waals surface area contributed by atoms with E-state index in [0.717, 1.165) is 12.8 Å². The lowest BCUT2D eigenvalue weighted by Crippen LogP contribution is -2.58. The van der Waals surface area contributed by atoms with E-state index in [1.165, 1.54) is 19.3 Å². The van der Waals surface area contributed by atoms with Crippen LogP contribution in [0.4, 0.5) is 0 Å². The maximum Gasteiger partial charge on any atom is 0.239 e. The van der Waals surface area contributed by atoms with Crippen molar-refractivity contribution in [3.05, 3.63) is 0 Å². The Labute approximate surface area is 141 Å². The van der Waals surface area contributed by atoms with Crippen molar-refractivity contribution in [2.24, 2.45) is 11.7 Å². The van der Waals surface area contributed by atoms with Gasteiger partial charge in [0, 0.05) is 32.1 Å². The molecule has 0 aromatic rings. The lowest BCUT2D eigenvalue weighted by molar-refractivity contribution is -0.143. The zero-order chi connectivity index (χ0) is 17.4. The van der Waals surface area contributed by atoms with Gasteiger partial charge in [0.05, 0.1) is 6.04 Å². The summed E-state index contributed by atoms with van der Waals surface area (Å²) >= 11 is 0. The van der Waals surface area contributed by atoms with Crippen molar-refractivity contribution in [2.45, 2.75) is 78.3 Å². The van der Waals surface area contributed by atoms with E-state index in [4.69, 9.17) is 5.73 Å². The van der Waals surface area contributed by atoms with Crippen LogP contribution < -0.4 is 5.73 Å². The fourth-order valence-electron chi connectivity index (χ4n) is 3.05. The number of amides is 2. The molecule has 1 heterocycles. The van der Waals surface area contributed by atoms with Crippen molar-refractivity contribution in [2.75, 3.05) is 19.6 Å². The maximum absolute atomic E-state index is 12.4. The molecular weight excluding hydrogens is 290 g/mol. The van der Waals surface area contributed by atoms with Crippen molar-refractivity contribution in [1.82, 2.24) is 9.80 Å². The summed E-state index contributed by atoms with van der Waals surface area (Å²) in [5.41, 5.74) is 5.96. The molecule has 1 aliphatic rings. The molecule has 0 radical (unpaired) electrons. The van der Waals surface area contributed by atoms with Crippen LogP contribution in [0.25, 0.3) is 0 Å². The summed E-state index contributed by atoms with van der Waals surface area (Å²) in [5.74, 6) is 0.383. The van der Waals surface area contributed by atoms with Crippen LogP contribution in [0.15, 0.2) is 0 Å². The first kappa shape index (κ1) is 19.9. The Morgan fingerprint density at radius 3 is 2.35 bits per heavy atom. The van der Waals surface area contributed by atoms with Crippen LogP contribution in [0.2, 0.25) is 0 Å². The van der Waals surface area contributed by atoms with Gasteiger partial charge in [0.25, 0.3) is 0 Å². The Hall–Kier alpha value is -1.10. The first-order valence-electron chi connectivity index (χ1n) is 9.22. The molecule has 0 saturated carbocycles. The number of nitrogens with zero attached hydrogens (tertiary/aromatic N) is 2. The molecular formula is C18H35N3O2. The van der Waals surface area contributed by atoms with Crippen molar-refractivity contribution >= 4 is 11.8 Å². The Balaban J connectivity index is 2.40. The number of rotatable bonds is 8.